The lowest BCUT2D eigenvalue weighted by atomic mass is 9.99. The topological polar surface area (TPSA) is 43.8 Å². The summed E-state index contributed by atoms with van der Waals surface area (Å²) in [6.07, 6.45) is 1.18. The SMILES string of the molecule is CCc1cc(CC(N)c2c(F)ccc(C)c2F)n(CC)n1. The number of rotatable bonds is 5. The number of hydrogen-bond donors (Lipinski definition) is 1. The van der Waals surface area contributed by atoms with Crippen molar-refractivity contribution in [3.8, 4) is 0 Å². The van der Waals surface area contributed by atoms with E-state index in [4.69, 9.17) is 5.73 Å². The van der Waals surface area contributed by atoms with Gasteiger partial charge in [0, 0.05) is 30.3 Å². The number of halogens is 2. The Morgan fingerprint density at radius 1 is 1.29 bits per heavy atom. The summed E-state index contributed by atoms with van der Waals surface area (Å²) < 4.78 is 29.9. The Morgan fingerprint density at radius 2 is 2.00 bits per heavy atom. The molecular formula is C16H21F2N3. The van der Waals surface area contributed by atoms with Crippen LogP contribution in [0, 0.1) is 18.6 Å². The fourth-order valence-corrected chi connectivity index (χ4v) is 2.47. The van der Waals surface area contributed by atoms with Crippen LogP contribution < -0.4 is 5.73 Å². The fourth-order valence-electron chi connectivity index (χ4n) is 2.47. The summed E-state index contributed by atoms with van der Waals surface area (Å²) in [7, 11) is 0. The van der Waals surface area contributed by atoms with Crippen molar-refractivity contribution in [3.63, 3.8) is 0 Å². The molecule has 1 atom stereocenters. The molecule has 2 N–H and O–H groups in total. The van der Waals surface area contributed by atoms with Crippen LogP contribution in [-0.4, -0.2) is 9.78 Å². The van der Waals surface area contributed by atoms with Gasteiger partial charge in [-0.05, 0) is 38.0 Å². The van der Waals surface area contributed by atoms with Gasteiger partial charge in [0.2, 0.25) is 0 Å². The summed E-state index contributed by atoms with van der Waals surface area (Å²) in [4.78, 5) is 0. The van der Waals surface area contributed by atoms with Gasteiger partial charge >= 0.3 is 0 Å². The number of benzene rings is 1. The lowest BCUT2D eigenvalue weighted by Gasteiger charge is -2.15. The number of nitrogens with zero attached hydrogens (tertiary/aromatic N) is 2. The van der Waals surface area contributed by atoms with E-state index >= 15 is 0 Å². The van der Waals surface area contributed by atoms with E-state index in [1.54, 1.807) is 6.92 Å². The highest BCUT2D eigenvalue weighted by molar-refractivity contribution is 5.30. The van der Waals surface area contributed by atoms with E-state index in [2.05, 4.69) is 5.10 Å². The second kappa shape index (κ2) is 6.35. The standard InChI is InChI=1S/C16H21F2N3/c1-4-11-8-12(21(5-2)20-11)9-14(19)15-13(17)7-6-10(3)16(15)18/h6-8,14H,4-5,9,19H2,1-3H3. The third-order valence-corrected chi connectivity index (χ3v) is 3.70. The Morgan fingerprint density at radius 3 is 2.62 bits per heavy atom. The third kappa shape index (κ3) is 3.13. The predicted octanol–water partition coefficient (Wildman–Crippen LogP) is 3.29. The molecule has 0 amide bonds. The van der Waals surface area contributed by atoms with Gasteiger partial charge in [0.25, 0.3) is 0 Å². The lowest BCUT2D eigenvalue weighted by molar-refractivity contribution is 0.509. The smallest absolute Gasteiger partial charge is 0.133 e. The Labute approximate surface area is 123 Å². The maximum atomic E-state index is 14.1. The minimum atomic E-state index is -0.725. The van der Waals surface area contributed by atoms with Crippen molar-refractivity contribution in [1.82, 2.24) is 9.78 Å². The maximum absolute atomic E-state index is 14.1. The molecule has 21 heavy (non-hydrogen) atoms. The van der Waals surface area contributed by atoms with Gasteiger partial charge < -0.3 is 5.73 Å². The molecular weight excluding hydrogens is 272 g/mol. The van der Waals surface area contributed by atoms with Crippen molar-refractivity contribution >= 4 is 0 Å². The molecule has 1 aromatic heterocycles. The second-order valence-electron chi connectivity index (χ2n) is 5.20. The predicted molar refractivity (Wildman–Crippen MR) is 79.0 cm³/mol. The molecule has 0 radical (unpaired) electrons. The van der Waals surface area contributed by atoms with Crippen LogP contribution in [0.15, 0.2) is 18.2 Å². The average Bonchev–Trinajstić information content (AvgIpc) is 2.85. The first kappa shape index (κ1) is 15.6. The molecule has 1 heterocycles. The van der Waals surface area contributed by atoms with Crippen LogP contribution in [0.3, 0.4) is 0 Å². The monoisotopic (exact) mass is 293 g/mol. The quantitative estimate of drug-likeness (QED) is 0.919. The van der Waals surface area contributed by atoms with Gasteiger partial charge in [-0.15, -0.1) is 0 Å². The highest BCUT2D eigenvalue weighted by Gasteiger charge is 2.20. The zero-order chi connectivity index (χ0) is 15.6. The molecule has 3 nitrogen and oxygen atoms in total. The first-order valence-electron chi connectivity index (χ1n) is 7.23. The lowest BCUT2D eigenvalue weighted by Crippen LogP contribution is -2.19. The van der Waals surface area contributed by atoms with Gasteiger partial charge in [-0.3, -0.25) is 4.68 Å². The van der Waals surface area contributed by atoms with Crippen molar-refractivity contribution in [3.05, 3.63) is 52.3 Å². The minimum Gasteiger partial charge on any atom is -0.323 e. The second-order valence-corrected chi connectivity index (χ2v) is 5.20. The summed E-state index contributed by atoms with van der Waals surface area (Å²) in [5, 5.41) is 4.43. The summed E-state index contributed by atoms with van der Waals surface area (Å²) in [5.41, 5.74) is 8.28. The van der Waals surface area contributed by atoms with E-state index in [1.165, 1.54) is 12.1 Å². The summed E-state index contributed by atoms with van der Waals surface area (Å²) in [5.74, 6) is -1.15. The first-order chi connectivity index (χ1) is 9.97. The highest BCUT2D eigenvalue weighted by Crippen LogP contribution is 2.24. The highest BCUT2D eigenvalue weighted by atomic mass is 19.1. The number of aryl methyl sites for hydroxylation is 3. The molecule has 2 aromatic rings. The van der Waals surface area contributed by atoms with Crippen molar-refractivity contribution < 1.29 is 8.78 Å². The van der Waals surface area contributed by atoms with Crippen LogP contribution in [0.5, 0.6) is 0 Å². The van der Waals surface area contributed by atoms with E-state index in [0.717, 1.165) is 17.8 Å². The average molecular weight is 293 g/mol. The van der Waals surface area contributed by atoms with Crippen LogP contribution >= 0.6 is 0 Å². The number of hydrogen-bond acceptors (Lipinski definition) is 2. The van der Waals surface area contributed by atoms with Gasteiger partial charge in [-0.25, -0.2) is 8.78 Å². The van der Waals surface area contributed by atoms with Crippen molar-refractivity contribution in [2.24, 2.45) is 5.73 Å². The first-order valence-corrected chi connectivity index (χ1v) is 7.23. The van der Waals surface area contributed by atoms with E-state index in [-0.39, 0.29) is 5.56 Å². The summed E-state index contributed by atoms with van der Waals surface area (Å²) in [6, 6.07) is 3.92. The zero-order valence-electron chi connectivity index (χ0n) is 12.7. The van der Waals surface area contributed by atoms with Crippen molar-refractivity contribution in [2.75, 3.05) is 0 Å². The number of nitrogens with two attached hydrogens (primary N) is 1. The van der Waals surface area contributed by atoms with Gasteiger partial charge in [0.1, 0.15) is 11.6 Å². The third-order valence-electron chi connectivity index (χ3n) is 3.70. The molecule has 1 aromatic carbocycles. The molecule has 0 aliphatic rings. The van der Waals surface area contributed by atoms with Gasteiger partial charge in [0.05, 0.1) is 5.69 Å². The molecule has 0 bridgehead atoms. The van der Waals surface area contributed by atoms with E-state index in [1.807, 2.05) is 24.6 Å². The summed E-state index contributed by atoms with van der Waals surface area (Å²) in [6.45, 7) is 6.32. The zero-order valence-corrected chi connectivity index (χ0v) is 12.7. The molecule has 114 valence electrons. The number of aromatic nitrogens is 2. The van der Waals surface area contributed by atoms with Gasteiger partial charge in [-0.2, -0.15) is 5.10 Å². The Hall–Kier alpha value is -1.75. The molecule has 0 spiro atoms. The normalized spacial score (nSPS) is 12.7. The minimum absolute atomic E-state index is 0.0445. The van der Waals surface area contributed by atoms with E-state index in [0.29, 0.717) is 18.5 Å². The largest absolute Gasteiger partial charge is 0.323 e. The van der Waals surface area contributed by atoms with Crippen molar-refractivity contribution in [1.29, 1.82) is 0 Å². The van der Waals surface area contributed by atoms with Crippen LogP contribution in [0.1, 0.15) is 42.4 Å². The molecule has 2 rings (SSSR count). The Balaban J connectivity index is 2.32. The van der Waals surface area contributed by atoms with Crippen LogP contribution in [0.2, 0.25) is 0 Å². The molecule has 5 heteroatoms. The molecule has 0 saturated carbocycles. The molecule has 0 aliphatic carbocycles. The van der Waals surface area contributed by atoms with Crippen molar-refractivity contribution in [2.45, 2.75) is 46.2 Å². The van der Waals surface area contributed by atoms with Gasteiger partial charge in [-0.1, -0.05) is 13.0 Å². The van der Waals surface area contributed by atoms with Gasteiger partial charge in [0.15, 0.2) is 0 Å². The van der Waals surface area contributed by atoms with Crippen LogP contribution in [-0.2, 0) is 19.4 Å². The van der Waals surface area contributed by atoms with Crippen LogP contribution in [0.25, 0.3) is 0 Å². The van der Waals surface area contributed by atoms with E-state index < -0.39 is 17.7 Å². The molecule has 0 saturated heterocycles. The fraction of sp³-hybridized carbons (Fsp3) is 0.438. The van der Waals surface area contributed by atoms with E-state index in [9.17, 15) is 8.78 Å². The Bertz CT molecular complexity index is 635. The van der Waals surface area contributed by atoms with Crippen LogP contribution in [0.4, 0.5) is 8.78 Å². The molecule has 1 unspecified atom stereocenters. The molecule has 0 fully saturated rings. The Kier molecular flexibility index (Phi) is 4.73. The molecule has 0 aliphatic heterocycles. The summed E-state index contributed by atoms with van der Waals surface area (Å²) >= 11 is 0. The maximum Gasteiger partial charge on any atom is 0.133 e.